The van der Waals surface area contributed by atoms with Crippen LogP contribution in [0.3, 0.4) is 0 Å². The van der Waals surface area contributed by atoms with Gasteiger partial charge in [0.05, 0.1) is 6.20 Å². The maximum Gasteiger partial charge on any atom is 0.347 e. The zero-order valence-corrected chi connectivity index (χ0v) is 6.75. The molecule has 0 aromatic carbocycles. The minimum atomic E-state index is -1.00. The number of aldehydes is 1. The van der Waals surface area contributed by atoms with Crippen LogP contribution in [0.2, 0.25) is 0 Å². The summed E-state index contributed by atoms with van der Waals surface area (Å²) in [5, 5.41) is 9.01. The van der Waals surface area contributed by atoms with E-state index < -0.39 is 5.97 Å². The number of carboxylic acid groups (broad SMARTS) is 1. The lowest BCUT2D eigenvalue weighted by atomic mass is 10.5. The molecule has 0 radical (unpaired) electrons. The summed E-state index contributed by atoms with van der Waals surface area (Å²) in [6, 6.07) is 0. The van der Waals surface area contributed by atoms with Crippen LogP contribution < -0.4 is 0 Å². The molecule has 1 rings (SSSR count). The maximum atomic E-state index is 10.4. The van der Waals surface area contributed by atoms with Crippen LogP contribution in [0, 0.1) is 0 Å². The second kappa shape index (κ2) is 3.77. The van der Waals surface area contributed by atoms with E-state index in [2.05, 4.69) is 4.98 Å². The summed E-state index contributed by atoms with van der Waals surface area (Å²) in [5.74, 6) is -1.00. The van der Waals surface area contributed by atoms with Crippen LogP contribution >= 0.6 is 11.3 Å². The number of aromatic carboxylic acids is 1. The fraction of sp³-hybridized carbons (Fsp3) is 0. The van der Waals surface area contributed by atoms with Gasteiger partial charge in [-0.2, -0.15) is 0 Å². The molecule has 4 nitrogen and oxygen atoms in total. The highest BCUT2D eigenvalue weighted by Gasteiger charge is 2.05. The largest absolute Gasteiger partial charge is 0.477 e. The number of aromatic nitrogens is 1. The SMILES string of the molecule is O=CC=Cc1ncc(C(=O)O)s1. The topological polar surface area (TPSA) is 67.3 Å². The van der Waals surface area contributed by atoms with Crippen molar-refractivity contribution in [1.82, 2.24) is 4.98 Å². The molecule has 1 aromatic heterocycles. The molecule has 62 valence electrons. The van der Waals surface area contributed by atoms with E-state index >= 15 is 0 Å². The number of carboxylic acids is 1. The Labute approximate surface area is 72.2 Å². The van der Waals surface area contributed by atoms with Crippen molar-refractivity contribution in [2.75, 3.05) is 0 Å². The Hall–Kier alpha value is -1.49. The first-order chi connectivity index (χ1) is 5.74. The van der Waals surface area contributed by atoms with Crippen LogP contribution in [0.1, 0.15) is 14.7 Å². The van der Waals surface area contributed by atoms with Gasteiger partial charge in [-0.25, -0.2) is 9.78 Å². The molecule has 0 spiro atoms. The molecule has 5 heteroatoms. The molecule has 1 heterocycles. The third kappa shape index (κ3) is 2.00. The molecule has 1 aromatic rings. The molecule has 0 bridgehead atoms. The highest BCUT2D eigenvalue weighted by Crippen LogP contribution is 2.13. The minimum absolute atomic E-state index is 0.167. The second-order valence-electron chi connectivity index (χ2n) is 1.86. The first kappa shape index (κ1) is 8.61. The number of carbonyl (C=O) groups excluding carboxylic acids is 1. The van der Waals surface area contributed by atoms with Crippen molar-refractivity contribution in [2.45, 2.75) is 0 Å². The smallest absolute Gasteiger partial charge is 0.347 e. The number of allylic oxidation sites excluding steroid dienone is 1. The molecule has 12 heavy (non-hydrogen) atoms. The summed E-state index contributed by atoms with van der Waals surface area (Å²) in [4.78, 5) is 24.2. The summed E-state index contributed by atoms with van der Waals surface area (Å²) in [6.45, 7) is 0. The minimum Gasteiger partial charge on any atom is -0.477 e. The number of rotatable bonds is 3. The van der Waals surface area contributed by atoms with Gasteiger partial charge in [-0.1, -0.05) is 0 Å². The molecule has 0 fully saturated rings. The van der Waals surface area contributed by atoms with Crippen molar-refractivity contribution in [3.63, 3.8) is 0 Å². The van der Waals surface area contributed by atoms with Crippen LogP contribution in [0.15, 0.2) is 12.3 Å². The van der Waals surface area contributed by atoms with E-state index in [-0.39, 0.29) is 4.88 Å². The van der Waals surface area contributed by atoms with Crippen molar-refractivity contribution in [3.8, 4) is 0 Å². The molecule has 0 saturated carbocycles. The Morgan fingerprint density at radius 3 is 2.92 bits per heavy atom. The van der Waals surface area contributed by atoms with E-state index in [9.17, 15) is 9.59 Å². The molecule has 1 N–H and O–H groups in total. The fourth-order valence-corrected chi connectivity index (χ4v) is 1.26. The van der Waals surface area contributed by atoms with E-state index in [0.29, 0.717) is 11.3 Å². The Balaban J connectivity index is 2.84. The number of hydrogen-bond donors (Lipinski definition) is 1. The van der Waals surface area contributed by atoms with E-state index in [4.69, 9.17) is 5.11 Å². The summed E-state index contributed by atoms with van der Waals surface area (Å²) in [6.07, 6.45) is 4.61. The van der Waals surface area contributed by atoms with Gasteiger partial charge in [0.1, 0.15) is 16.2 Å². The number of nitrogens with zero attached hydrogens (tertiary/aromatic N) is 1. The first-order valence-corrected chi connectivity index (χ1v) is 3.86. The Morgan fingerprint density at radius 1 is 1.67 bits per heavy atom. The van der Waals surface area contributed by atoms with Gasteiger partial charge in [0, 0.05) is 0 Å². The second-order valence-corrected chi connectivity index (χ2v) is 2.93. The third-order valence-electron chi connectivity index (χ3n) is 1.05. The standard InChI is InChI=1S/C7H5NO3S/c9-3-1-2-6-8-4-5(12-6)7(10)11/h1-4H,(H,10,11). The van der Waals surface area contributed by atoms with Crippen molar-refractivity contribution in [2.24, 2.45) is 0 Å². The zero-order valence-electron chi connectivity index (χ0n) is 5.93. The van der Waals surface area contributed by atoms with Crippen molar-refractivity contribution in [1.29, 1.82) is 0 Å². The molecule has 0 saturated heterocycles. The van der Waals surface area contributed by atoms with Crippen LogP contribution in [-0.4, -0.2) is 22.3 Å². The highest BCUT2D eigenvalue weighted by atomic mass is 32.1. The molecule has 0 unspecified atom stereocenters. The van der Waals surface area contributed by atoms with Crippen LogP contribution in [0.5, 0.6) is 0 Å². The van der Waals surface area contributed by atoms with Gasteiger partial charge in [0.15, 0.2) is 0 Å². The number of thiazole rings is 1. The zero-order chi connectivity index (χ0) is 8.97. The van der Waals surface area contributed by atoms with Crippen LogP contribution in [-0.2, 0) is 4.79 Å². The number of carbonyl (C=O) groups is 2. The Kier molecular flexibility index (Phi) is 2.71. The van der Waals surface area contributed by atoms with E-state index in [1.165, 1.54) is 18.3 Å². The van der Waals surface area contributed by atoms with Gasteiger partial charge in [-0.15, -0.1) is 11.3 Å². The molecule has 0 amide bonds. The molecule has 0 atom stereocenters. The lowest BCUT2D eigenvalue weighted by molar-refractivity contribution is -0.104. The molecule has 0 aliphatic heterocycles. The lowest BCUT2D eigenvalue weighted by Gasteiger charge is -1.79. The Bertz CT molecular complexity index is 329. The van der Waals surface area contributed by atoms with Crippen molar-refractivity contribution >= 4 is 29.7 Å². The summed E-state index contributed by atoms with van der Waals surface area (Å²) in [7, 11) is 0. The average molecular weight is 183 g/mol. The van der Waals surface area contributed by atoms with Crippen molar-refractivity contribution in [3.05, 3.63) is 22.2 Å². The third-order valence-corrected chi connectivity index (χ3v) is 2.00. The monoisotopic (exact) mass is 183 g/mol. The van der Waals surface area contributed by atoms with Gasteiger partial charge >= 0.3 is 5.97 Å². The van der Waals surface area contributed by atoms with Gasteiger partial charge in [0.2, 0.25) is 0 Å². The summed E-state index contributed by atoms with van der Waals surface area (Å²) < 4.78 is 0. The van der Waals surface area contributed by atoms with E-state index in [0.717, 1.165) is 11.3 Å². The van der Waals surface area contributed by atoms with Crippen LogP contribution in [0.4, 0.5) is 0 Å². The molecule has 0 aliphatic rings. The summed E-state index contributed by atoms with van der Waals surface area (Å²) in [5.41, 5.74) is 0. The van der Waals surface area contributed by atoms with Crippen LogP contribution in [0.25, 0.3) is 6.08 Å². The fourth-order valence-electron chi connectivity index (χ4n) is 0.585. The summed E-state index contributed by atoms with van der Waals surface area (Å²) >= 11 is 1.02. The quantitative estimate of drug-likeness (QED) is 0.561. The van der Waals surface area contributed by atoms with E-state index in [1.807, 2.05) is 0 Å². The number of hydrogen-bond acceptors (Lipinski definition) is 4. The Morgan fingerprint density at radius 2 is 2.42 bits per heavy atom. The maximum absolute atomic E-state index is 10.4. The average Bonchev–Trinajstić information content (AvgIpc) is 2.48. The van der Waals surface area contributed by atoms with Gasteiger partial charge < -0.3 is 5.11 Å². The van der Waals surface area contributed by atoms with Crippen molar-refractivity contribution < 1.29 is 14.7 Å². The van der Waals surface area contributed by atoms with E-state index in [1.54, 1.807) is 0 Å². The lowest BCUT2D eigenvalue weighted by Crippen LogP contribution is -1.89. The predicted molar refractivity (Wildman–Crippen MR) is 44.2 cm³/mol. The molecule has 0 aliphatic carbocycles. The predicted octanol–water partition coefficient (Wildman–Crippen LogP) is 1.05. The van der Waals surface area contributed by atoms with Gasteiger partial charge in [-0.3, -0.25) is 4.79 Å². The molecular weight excluding hydrogens is 178 g/mol. The molecular formula is C7H5NO3S. The normalized spacial score (nSPS) is 10.3. The van der Waals surface area contributed by atoms with Gasteiger partial charge in [-0.05, 0) is 12.2 Å². The highest BCUT2D eigenvalue weighted by molar-refractivity contribution is 7.14. The first-order valence-electron chi connectivity index (χ1n) is 3.05. The van der Waals surface area contributed by atoms with Gasteiger partial charge in [0.25, 0.3) is 0 Å².